The summed E-state index contributed by atoms with van der Waals surface area (Å²) in [6.07, 6.45) is 1.13. The van der Waals surface area contributed by atoms with Gasteiger partial charge in [-0.3, -0.25) is 9.59 Å². The molecule has 1 saturated heterocycles. The van der Waals surface area contributed by atoms with Crippen LogP contribution in [0.3, 0.4) is 0 Å². The van der Waals surface area contributed by atoms with Gasteiger partial charge in [0.2, 0.25) is 5.91 Å². The maximum atomic E-state index is 12.1. The molecule has 1 aromatic rings. The highest BCUT2D eigenvalue weighted by Crippen LogP contribution is 2.17. The molecule has 0 unspecified atom stereocenters. The Morgan fingerprint density at radius 2 is 1.85 bits per heavy atom. The minimum Gasteiger partial charge on any atom is -0.450 e. The molecular weight excluding hydrogens is 334 g/mol. The Morgan fingerprint density at radius 3 is 2.42 bits per heavy atom. The van der Waals surface area contributed by atoms with Gasteiger partial charge in [0.05, 0.1) is 6.61 Å². The van der Waals surface area contributed by atoms with Crippen LogP contribution in [-0.4, -0.2) is 66.5 Å². The third-order valence-electron chi connectivity index (χ3n) is 4.51. The molecule has 1 aromatic carbocycles. The van der Waals surface area contributed by atoms with Crippen molar-refractivity contribution in [2.24, 2.45) is 0 Å². The van der Waals surface area contributed by atoms with Crippen molar-refractivity contribution in [1.82, 2.24) is 15.1 Å². The fourth-order valence-corrected chi connectivity index (χ4v) is 3.15. The van der Waals surface area contributed by atoms with Gasteiger partial charge in [0.1, 0.15) is 0 Å². The molecular formula is C19H27N3O4. The van der Waals surface area contributed by atoms with E-state index in [-0.39, 0.29) is 23.9 Å². The molecule has 0 atom stereocenters. The van der Waals surface area contributed by atoms with Crippen molar-refractivity contribution in [2.45, 2.75) is 32.7 Å². The molecule has 2 rings (SSSR count). The van der Waals surface area contributed by atoms with Crippen LogP contribution in [0.1, 0.15) is 37.0 Å². The van der Waals surface area contributed by atoms with Crippen LogP contribution in [0.25, 0.3) is 0 Å². The van der Waals surface area contributed by atoms with Crippen molar-refractivity contribution in [1.29, 1.82) is 0 Å². The Bertz CT molecular complexity index is 612. The lowest BCUT2D eigenvalue weighted by Crippen LogP contribution is -2.50. The fourth-order valence-electron chi connectivity index (χ4n) is 3.15. The number of hydrogen-bond acceptors (Lipinski definition) is 4. The molecule has 1 N–H and O–H groups in total. The van der Waals surface area contributed by atoms with E-state index >= 15 is 0 Å². The average molecular weight is 361 g/mol. The van der Waals surface area contributed by atoms with Crippen LogP contribution < -0.4 is 5.32 Å². The van der Waals surface area contributed by atoms with Gasteiger partial charge in [0.15, 0.2) is 0 Å². The predicted octanol–water partition coefficient (Wildman–Crippen LogP) is 1.89. The quantitative estimate of drug-likeness (QED) is 0.839. The van der Waals surface area contributed by atoms with E-state index in [9.17, 15) is 14.4 Å². The molecule has 0 aliphatic carbocycles. The largest absolute Gasteiger partial charge is 0.450 e. The Balaban J connectivity index is 1.81. The molecule has 0 bridgehead atoms. The number of likely N-dealkylation sites (tertiary alicyclic amines) is 1. The second-order valence-corrected chi connectivity index (χ2v) is 6.25. The van der Waals surface area contributed by atoms with Gasteiger partial charge in [0.25, 0.3) is 5.91 Å². The summed E-state index contributed by atoms with van der Waals surface area (Å²) >= 11 is 0. The van der Waals surface area contributed by atoms with E-state index in [0.29, 0.717) is 51.2 Å². The van der Waals surface area contributed by atoms with Crippen LogP contribution in [0.15, 0.2) is 30.3 Å². The van der Waals surface area contributed by atoms with Gasteiger partial charge < -0.3 is 19.9 Å². The van der Waals surface area contributed by atoms with Crippen LogP contribution in [0.4, 0.5) is 4.79 Å². The SMILES string of the molecule is CCOC(=O)N1CCC(N(CCNC(=O)c2ccccc2)C(C)=O)CC1. The maximum Gasteiger partial charge on any atom is 0.409 e. The number of rotatable bonds is 6. The van der Waals surface area contributed by atoms with Crippen molar-refractivity contribution in [2.75, 3.05) is 32.8 Å². The molecule has 1 fully saturated rings. The molecule has 1 heterocycles. The number of hydrogen-bond donors (Lipinski definition) is 1. The third-order valence-corrected chi connectivity index (χ3v) is 4.51. The number of carbonyl (C=O) groups excluding carboxylic acids is 3. The molecule has 0 aromatic heterocycles. The van der Waals surface area contributed by atoms with Crippen molar-refractivity contribution >= 4 is 17.9 Å². The molecule has 0 radical (unpaired) electrons. The molecule has 0 spiro atoms. The lowest BCUT2D eigenvalue weighted by Gasteiger charge is -2.37. The van der Waals surface area contributed by atoms with E-state index in [0.717, 1.165) is 0 Å². The number of nitrogens with one attached hydrogen (secondary N) is 1. The summed E-state index contributed by atoms with van der Waals surface area (Å²) in [6, 6.07) is 9.07. The minimum absolute atomic E-state index is 0.0199. The Kier molecular flexibility index (Phi) is 7.44. The maximum absolute atomic E-state index is 12.1. The molecule has 1 aliphatic rings. The first kappa shape index (κ1) is 19.8. The highest BCUT2D eigenvalue weighted by Gasteiger charge is 2.28. The van der Waals surface area contributed by atoms with Crippen LogP contribution in [-0.2, 0) is 9.53 Å². The van der Waals surface area contributed by atoms with Gasteiger partial charge in [-0.25, -0.2) is 4.79 Å². The Hall–Kier alpha value is -2.57. The van der Waals surface area contributed by atoms with E-state index in [1.807, 2.05) is 18.2 Å². The summed E-state index contributed by atoms with van der Waals surface area (Å²) in [4.78, 5) is 39.3. The second kappa shape index (κ2) is 9.79. The van der Waals surface area contributed by atoms with Crippen LogP contribution >= 0.6 is 0 Å². The van der Waals surface area contributed by atoms with E-state index in [1.54, 1.807) is 28.9 Å². The highest BCUT2D eigenvalue weighted by molar-refractivity contribution is 5.94. The van der Waals surface area contributed by atoms with E-state index in [1.165, 1.54) is 6.92 Å². The summed E-state index contributed by atoms with van der Waals surface area (Å²) in [5.41, 5.74) is 0.601. The first-order chi connectivity index (χ1) is 12.5. The van der Waals surface area contributed by atoms with Gasteiger partial charge in [0, 0.05) is 44.7 Å². The summed E-state index contributed by atoms with van der Waals surface area (Å²) in [5.74, 6) is -0.167. The molecule has 1 aliphatic heterocycles. The van der Waals surface area contributed by atoms with E-state index in [2.05, 4.69) is 5.32 Å². The van der Waals surface area contributed by atoms with Gasteiger partial charge in [-0.15, -0.1) is 0 Å². The number of nitrogens with zero attached hydrogens (tertiary/aromatic N) is 2. The second-order valence-electron chi connectivity index (χ2n) is 6.25. The van der Waals surface area contributed by atoms with E-state index in [4.69, 9.17) is 4.74 Å². The van der Waals surface area contributed by atoms with Gasteiger partial charge in [-0.1, -0.05) is 18.2 Å². The molecule has 142 valence electrons. The molecule has 3 amide bonds. The molecule has 7 heteroatoms. The fraction of sp³-hybridized carbons (Fsp3) is 0.526. The van der Waals surface area contributed by atoms with Gasteiger partial charge in [-0.05, 0) is 31.9 Å². The Labute approximate surface area is 154 Å². The number of amides is 3. The van der Waals surface area contributed by atoms with Gasteiger partial charge in [-0.2, -0.15) is 0 Å². The summed E-state index contributed by atoms with van der Waals surface area (Å²) in [6.45, 7) is 5.68. The average Bonchev–Trinajstić information content (AvgIpc) is 2.66. The smallest absolute Gasteiger partial charge is 0.409 e. The lowest BCUT2D eigenvalue weighted by atomic mass is 10.0. The van der Waals surface area contributed by atoms with Gasteiger partial charge >= 0.3 is 6.09 Å². The molecule has 0 saturated carbocycles. The Morgan fingerprint density at radius 1 is 1.19 bits per heavy atom. The van der Waals surface area contributed by atoms with Crippen LogP contribution in [0.5, 0.6) is 0 Å². The van der Waals surface area contributed by atoms with Crippen molar-refractivity contribution in [3.05, 3.63) is 35.9 Å². The van der Waals surface area contributed by atoms with Crippen molar-refractivity contribution in [3.63, 3.8) is 0 Å². The van der Waals surface area contributed by atoms with Crippen LogP contribution in [0.2, 0.25) is 0 Å². The summed E-state index contributed by atoms with van der Waals surface area (Å²) in [5, 5.41) is 2.85. The number of ether oxygens (including phenoxy) is 1. The number of benzene rings is 1. The number of piperidine rings is 1. The zero-order valence-electron chi connectivity index (χ0n) is 15.4. The van der Waals surface area contributed by atoms with Crippen LogP contribution in [0, 0.1) is 0 Å². The zero-order valence-corrected chi connectivity index (χ0v) is 15.4. The highest BCUT2D eigenvalue weighted by atomic mass is 16.6. The van der Waals surface area contributed by atoms with Crippen molar-refractivity contribution in [3.8, 4) is 0 Å². The zero-order chi connectivity index (χ0) is 18.9. The third kappa shape index (κ3) is 5.47. The molecule has 26 heavy (non-hydrogen) atoms. The normalized spacial score (nSPS) is 14.6. The predicted molar refractivity (Wildman–Crippen MR) is 97.8 cm³/mol. The number of carbonyl (C=O) groups is 3. The van der Waals surface area contributed by atoms with E-state index < -0.39 is 0 Å². The minimum atomic E-state index is -0.296. The first-order valence-corrected chi connectivity index (χ1v) is 9.05. The van der Waals surface area contributed by atoms with Crippen molar-refractivity contribution < 1.29 is 19.1 Å². The monoisotopic (exact) mass is 361 g/mol. The summed E-state index contributed by atoms with van der Waals surface area (Å²) in [7, 11) is 0. The topological polar surface area (TPSA) is 79.0 Å². The molecule has 7 nitrogen and oxygen atoms in total. The lowest BCUT2D eigenvalue weighted by molar-refractivity contribution is -0.131. The first-order valence-electron chi connectivity index (χ1n) is 9.05. The standard InChI is InChI=1S/C19H27N3O4/c1-3-26-19(25)21-12-9-17(10-13-21)22(15(2)23)14-11-20-18(24)16-7-5-4-6-8-16/h4-8,17H,3,9-14H2,1-2H3,(H,20,24). The summed E-state index contributed by atoms with van der Waals surface area (Å²) < 4.78 is 5.02.